The number of nitrogens with one attached hydrogen (secondary N) is 1. The number of carbonyl (C=O) groups is 1. The van der Waals surface area contributed by atoms with Gasteiger partial charge in [0.15, 0.2) is 0 Å². The fourth-order valence-electron chi connectivity index (χ4n) is 2.92. The number of benzene rings is 1. The molecule has 1 saturated carbocycles. The fraction of sp³-hybridized carbons (Fsp3) is 0.588. The van der Waals surface area contributed by atoms with Crippen LogP contribution in [-0.4, -0.2) is 37.9 Å². The van der Waals surface area contributed by atoms with Crippen molar-refractivity contribution < 1.29 is 19.4 Å². The smallest absolute Gasteiger partial charge is 0.251 e. The molecule has 2 N–H and O–H groups in total. The summed E-state index contributed by atoms with van der Waals surface area (Å²) >= 11 is 0. The van der Waals surface area contributed by atoms with Gasteiger partial charge in [-0.2, -0.15) is 0 Å². The molecule has 0 aliphatic heterocycles. The predicted octanol–water partition coefficient (Wildman–Crippen LogP) is 2.37. The van der Waals surface area contributed by atoms with Crippen LogP contribution in [-0.2, 0) is 0 Å². The molecule has 22 heavy (non-hydrogen) atoms. The van der Waals surface area contributed by atoms with Crippen molar-refractivity contribution in [2.24, 2.45) is 5.92 Å². The van der Waals surface area contributed by atoms with Crippen LogP contribution in [0.15, 0.2) is 18.2 Å². The van der Waals surface area contributed by atoms with E-state index >= 15 is 0 Å². The summed E-state index contributed by atoms with van der Waals surface area (Å²) in [5, 5.41) is 13.0. The first-order chi connectivity index (χ1) is 10.6. The lowest BCUT2D eigenvalue weighted by Crippen LogP contribution is -2.37. The van der Waals surface area contributed by atoms with E-state index in [0.717, 1.165) is 12.8 Å². The highest BCUT2D eigenvalue weighted by Crippen LogP contribution is 2.26. The van der Waals surface area contributed by atoms with Gasteiger partial charge in [0, 0.05) is 18.2 Å². The summed E-state index contributed by atoms with van der Waals surface area (Å²) < 4.78 is 10.3. The molecular formula is C17H25NO4. The van der Waals surface area contributed by atoms with Gasteiger partial charge >= 0.3 is 0 Å². The van der Waals surface area contributed by atoms with Crippen molar-refractivity contribution in [1.82, 2.24) is 5.32 Å². The first-order valence-electron chi connectivity index (χ1n) is 7.83. The molecule has 0 spiro atoms. The van der Waals surface area contributed by atoms with Crippen molar-refractivity contribution in [3.63, 3.8) is 0 Å². The lowest BCUT2D eigenvalue weighted by atomic mass is 9.85. The molecule has 1 amide bonds. The van der Waals surface area contributed by atoms with Crippen LogP contribution in [0.2, 0.25) is 0 Å². The highest BCUT2D eigenvalue weighted by atomic mass is 16.5. The number of aliphatic hydroxyl groups excluding tert-OH is 1. The van der Waals surface area contributed by atoms with Gasteiger partial charge in [-0.1, -0.05) is 19.3 Å². The molecule has 5 nitrogen and oxygen atoms in total. The first kappa shape index (κ1) is 16.6. The summed E-state index contributed by atoms with van der Waals surface area (Å²) in [6.45, 7) is 0.281. The Bertz CT molecular complexity index is 475. The van der Waals surface area contributed by atoms with Gasteiger partial charge in [-0.25, -0.2) is 0 Å². The van der Waals surface area contributed by atoms with E-state index in [-0.39, 0.29) is 12.5 Å². The third kappa shape index (κ3) is 4.37. The minimum absolute atomic E-state index is 0.230. The van der Waals surface area contributed by atoms with Gasteiger partial charge in [0.1, 0.15) is 11.5 Å². The fourth-order valence-corrected chi connectivity index (χ4v) is 2.92. The molecule has 0 bridgehead atoms. The summed E-state index contributed by atoms with van der Waals surface area (Å²) in [7, 11) is 3.09. The first-order valence-corrected chi connectivity index (χ1v) is 7.83. The van der Waals surface area contributed by atoms with E-state index in [9.17, 15) is 9.90 Å². The number of ether oxygens (including phenoxy) is 2. The standard InChI is InChI=1S/C17H25NO4/c1-21-14-8-13(9-15(10-14)22-2)17(20)18-11-16(19)12-6-4-3-5-7-12/h8-10,12,16,19H,3-7,11H2,1-2H3,(H,18,20). The largest absolute Gasteiger partial charge is 0.497 e. The summed E-state index contributed by atoms with van der Waals surface area (Å²) in [4.78, 5) is 12.2. The van der Waals surface area contributed by atoms with E-state index in [1.807, 2.05) is 0 Å². The second-order valence-corrected chi connectivity index (χ2v) is 5.78. The zero-order valence-corrected chi connectivity index (χ0v) is 13.3. The SMILES string of the molecule is COc1cc(OC)cc(C(=O)NCC(O)C2CCCCC2)c1. The van der Waals surface area contributed by atoms with Crippen molar-refractivity contribution in [3.05, 3.63) is 23.8 Å². The van der Waals surface area contributed by atoms with Crippen LogP contribution in [0.3, 0.4) is 0 Å². The Balaban J connectivity index is 1.93. The molecule has 1 aliphatic carbocycles. The number of hydrogen-bond acceptors (Lipinski definition) is 4. The minimum atomic E-state index is -0.475. The Kier molecular flexibility index (Phi) is 6.07. The molecule has 1 fully saturated rings. The van der Waals surface area contributed by atoms with Crippen molar-refractivity contribution in [1.29, 1.82) is 0 Å². The molecule has 2 rings (SSSR count). The van der Waals surface area contributed by atoms with Gasteiger partial charge in [-0.3, -0.25) is 4.79 Å². The maximum absolute atomic E-state index is 12.2. The maximum atomic E-state index is 12.2. The van der Waals surface area contributed by atoms with E-state index in [1.54, 1.807) is 32.4 Å². The number of amides is 1. The Morgan fingerprint density at radius 2 is 1.77 bits per heavy atom. The van der Waals surface area contributed by atoms with Crippen molar-refractivity contribution in [3.8, 4) is 11.5 Å². The van der Waals surface area contributed by atoms with E-state index in [0.29, 0.717) is 23.0 Å². The van der Waals surface area contributed by atoms with Crippen LogP contribution in [0.4, 0.5) is 0 Å². The number of aliphatic hydroxyl groups is 1. The monoisotopic (exact) mass is 307 g/mol. The van der Waals surface area contributed by atoms with E-state index < -0.39 is 6.10 Å². The minimum Gasteiger partial charge on any atom is -0.497 e. The highest BCUT2D eigenvalue weighted by Gasteiger charge is 2.22. The second kappa shape index (κ2) is 8.03. The van der Waals surface area contributed by atoms with E-state index in [2.05, 4.69) is 5.32 Å². The zero-order chi connectivity index (χ0) is 15.9. The van der Waals surface area contributed by atoms with Crippen molar-refractivity contribution >= 4 is 5.91 Å². The number of carbonyl (C=O) groups excluding carboxylic acids is 1. The lowest BCUT2D eigenvalue weighted by molar-refractivity contribution is 0.0738. The maximum Gasteiger partial charge on any atom is 0.251 e. The van der Waals surface area contributed by atoms with Crippen LogP contribution >= 0.6 is 0 Å². The number of hydrogen-bond donors (Lipinski definition) is 2. The van der Waals surface area contributed by atoms with Crippen LogP contribution in [0.25, 0.3) is 0 Å². The molecule has 0 heterocycles. The Morgan fingerprint density at radius 1 is 1.18 bits per heavy atom. The van der Waals surface area contributed by atoms with Crippen molar-refractivity contribution in [2.45, 2.75) is 38.2 Å². The summed E-state index contributed by atoms with van der Waals surface area (Å²) in [6.07, 6.45) is 5.20. The molecule has 0 aromatic heterocycles. The predicted molar refractivity (Wildman–Crippen MR) is 84.5 cm³/mol. The van der Waals surface area contributed by atoms with Gasteiger partial charge in [-0.15, -0.1) is 0 Å². The van der Waals surface area contributed by atoms with Crippen LogP contribution in [0, 0.1) is 5.92 Å². The molecule has 1 aromatic carbocycles. The Hall–Kier alpha value is -1.75. The number of rotatable bonds is 6. The van der Waals surface area contributed by atoms with Crippen LogP contribution in [0.1, 0.15) is 42.5 Å². The van der Waals surface area contributed by atoms with E-state index in [4.69, 9.17) is 9.47 Å². The highest BCUT2D eigenvalue weighted by molar-refractivity contribution is 5.95. The lowest BCUT2D eigenvalue weighted by Gasteiger charge is -2.26. The average molecular weight is 307 g/mol. The van der Waals surface area contributed by atoms with Gasteiger partial charge in [0.2, 0.25) is 0 Å². The molecule has 5 heteroatoms. The molecule has 1 aliphatic rings. The van der Waals surface area contributed by atoms with Gasteiger partial charge in [0.05, 0.1) is 20.3 Å². The normalized spacial score (nSPS) is 16.9. The third-order valence-electron chi connectivity index (χ3n) is 4.28. The van der Waals surface area contributed by atoms with Gasteiger partial charge in [-0.05, 0) is 30.9 Å². The topological polar surface area (TPSA) is 67.8 Å². The van der Waals surface area contributed by atoms with Crippen molar-refractivity contribution in [2.75, 3.05) is 20.8 Å². The summed E-state index contributed by atoms with van der Waals surface area (Å²) in [5.41, 5.74) is 0.465. The molecular weight excluding hydrogens is 282 g/mol. The van der Waals surface area contributed by atoms with E-state index in [1.165, 1.54) is 19.3 Å². The Morgan fingerprint density at radius 3 is 2.32 bits per heavy atom. The van der Waals surface area contributed by atoms with Gasteiger partial charge in [0.25, 0.3) is 5.91 Å². The molecule has 1 atom stereocenters. The molecule has 1 aromatic rings. The Labute approximate surface area is 131 Å². The molecule has 0 saturated heterocycles. The number of methoxy groups -OCH3 is 2. The summed E-state index contributed by atoms with van der Waals surface area (Å²) in [6, 6.07) is 5.03. The summed E-state index contributed by atoms with van der Waals surface area (Å²) in [5.74, 6) is 1.20. The molecule has 122 valence electrons. The molecule has 1 unspecified atom stereocenters. The zero-order valence-electron chi connectivity index (χ0n) is 13.3. The molecule has 0 radical (unpaired) electrons. The average Bonchev–Trinajstić information content (AvgIpc) is 2.59. The van der Waals surface area contributed by atoms with Crippen LogP contribution in [0.5, 0.6) is 11.5 Å². The quantitative estimate of drug-likeness (QED) is 0.846. The van der Waals surface area contributed by atoms with Gasteiger partial charge < -0.3 is 19.9 Å². The third-order valence-corrected chi connectivity index (χ3v) is 4.28. The van der Waals surface area contributed by atoms with Crippen LogP contribution < -0.4 is 14.8 Å². The second-order valence-electron chi connectivity index (χ2n) is 5.78.